The van der Waals surface area contributed by atoms with Crippen LogP contribution in [0, 0.1) is 6.92 Å². The number of amides is 1. The molecule has 1 aliphatic heterocycles. The first-order valence-corrected chi connectivity index (χ1v) is 10.5. The van der Waals surface area contributed by atoms with Crippen LogP contribution >= 0.6 is 11.6 Å². The van der Waals surface area contributed by atoms with Crippen molar-refractivity contribution in [1.82, 2.24) is 9.29 Å². The number of aromatic nitrogens is 1. The lowest BCUT2D eigenvalue weighted by atomic mass is 10.2. The minimum absolute atomic E-state index is 0.238. The summed E-state index contributed by atoms with van der Waals surface area (Å²) in [5.41, 5.74) is 1.40. The highest BCUT2D eigenvalue weighted by Crippen LogP contribution is 2.26. The molecule has 140 valence electrons. The quantitative estimate of drug-likeness (QED) is 0.826. The van der Waals surface area contributed by atoms with E-state index in [1.807, 2.05) is 0 Å². The van der Waals surface area contributed by atoms with E-state index < -0.39 is 10.0 Å². The van der Waals surface area contributed by atoms with Crippen molar-refractivity contribution < 1.29 is 13.2 Å². The molecule has 1 fully saturated rings. The summed E-state index contributed by atoms with van der Waals surface area (Å²) >= 11 is 5.82. The first-order chi connectivity index (χ1) is 12.4. The van der Waals surface area contributed by atoms with Crippen LogP contribution in [0.5, 0.6) is 0 Å². The van der Waals surface area contributed by atoms with Gasteiger partial charge in [0.15, 0.2) is 0 Å². The number of nitrogens with one attached hydrogen (secondary N) is 2. The lowest BCUT2D eigenvalue weighted by Crippen LogP contribution is -2.32. The maximum Gasteiger partial charge on any atom is 0.272 e. The molecule has 2 N–H and O–H groups in total. The molecular formula is C18H22ClN3O3S. The van der Waals surface area contributed by atoms with Crippen molar-refractivity contribution in [1.29, 1.82) is 0 Å². The van der Waals surface area contributed by atoms with Crippen LogP contribution in [-0.4, -0.2) is 36.7 Å². The molecule has 26 heavy (non-hydrogen) atoms. The summed E-state index contributed by atoms with van der Waals surface area (Å²) in [6, 6.07) is 6.44. The van der Waals surface area contributed by atoms with Gasteiger partial charge in [0.2, 0.25) is 10.0 Å². The Morgan fingerprint density at radius 1 is 1.15 bits per heavy atom. The number of anilines is 1. The van der Waals surface area contributed by atoms with Gasteiger partial charge in [-0.2, -0.15) is 4.31 Å². The number of aromatic amines is 1. The first-order valence-electron chi connectivity index (χ1n) is 8.64. The summed E-state index contributed by atoms with van der Waals surface area (Å²) < 4.78 is 27.7. The van der Waals surface area contributed by atoms with Gasteiger partial charge in [-0.15, -0.1) is 0 Å². The molecular weight excluding hydrogens is 374 g/mol. The number of carbonyl (C=O) groups excluding carboxylic acids is 1. The fourth-order valence-electron chi connectivity index (χ4n) is 3.07. The first kappa shape index (κ1) is 18.9. The molecule has 2 aromatic rings. The fourth-order valence-corrected chi connectivity index (χ4v) is 5.01. The molecule has 0 unspecified atom stereocenters. The van der Waals surface area contributed by atoms with Gasteiger partial charge in [-0.25, -0.2) is 8.42 Å². The second kappa shape index (κ2) is 7.82. The Balaban J connectivity index is 1.86. The SMILES string of the molecule is Cc1ccc(NC(=O)c2cc(Cl)c[nH]2)cc1S(=O)(=O)N1CCCCCC1. The Bertz CT molecular complexity index is 900. The number of hydrogen-bond acceptors (Lipinski definition) is 3. The van der Waals surface area contributed by atoms with E-state index in [9.17, 15) is 13.2 Å². The fraction of sp³-hybridized carbons (Fsp3) is 0.389. The van der Waals surface area contributed by atoms with Crippen LogP contribution in [0.1, 0.15) is 41.7 Å². The van der Waals surface area contributed by atoms with E-state index >= 15 is 0 Å². The predicted octanol–water partition coefficient (Wildman–Crippen LogP) is 3.79. The van der Waals surface area contributed by atoms with Crippen molar-refractivity contribution >= 4 is 33.2 Å². The molecule has 1 amide bonds. The van der Waals surface area contributed by atoms with Gasteiger partial charge in [-0.1, -0.05) is 30.5 Å². The topological polar surface area (TPSA) is 82.3 Å². The second-order valence-electron chi connectivity index (χ2n) is 6.48. The maximum atomic E-state index is 13.1. The van der Waals surface area contributed by atoms with Gasteiger partial charge in [0.25, 0.3) is 5.91 Å². The Kier molecular flexibility index (Phi) is 5.70. The number of H-pyrrole nitrogens is 1. The van der Waals surface area contributed by atoms with Crippen LogP contribution in [0.25, 0.3) is 0 Å². The van der Waals surface area contributed by atoms with Crippen molar-refractivity contribution in [3.63, 3.8) is 0 Å². The third-order valence-electron chi connectivity index (χ3n) is 4.52. The molecule has 1 aliphatic rings. The maximum absolute atomic E-state index is 13.1. The van der Waals surface area contributed by atoms with Crippen LogP contribution in [0.4, 0.5) is 5.69 Å². The normalized spacial score (nSPS) is 16.2. The lowest BCUT2D eigenvalue weighted by Gasteiger charge is -2.21. The Labute approximate surface area is 158 Å². The highest BCUT2D eigenvalue weighted by atomic mass is 35.5. The van der Waals surface area contributed by atoms with E-state index in [1.165, 1.54) is 18.3 Å². The van der Waals surface area contributed by atoms with Gasteiger partial charge < -0.3 is 10.3 Å². The largest absolute Gasteiger partial charge is 0.356 e. The van der Waals surface area contributed by atoms with Crippen molar-refractivity contribution in [2.75, 3.05) is 18.4 Å². The van der Waals surface area contributed by atoms with Crippen molar-refractivity contribution in [3.05, 3.63) is 46.7 Å². The molecule has 0 aliphatic carbocycles. The number of carbonyl (C=O) groups is 1. The molecule has 0 spiro atoms. The van der Waals surface area contributed by atoms with Crippen LogP contribution in [-0.2, 0) is 10.0 Å². The lowest BCUT2D eigenvalue weighted by molar-refractivity contribution is 0.102. The average Bonchev–Trinajstić information content (AvgIpc) is 2.86. The van der Waals surface area contributed by atoms with Crippen LogP contribution < -0.4 is 5.32 Å². The monoisotopic (exact) mass is 395 g/mol. The van der Waals surface area contributed by atoms with Gasteiger partial charge in [0, 0.05) is 25.0 Å². The Morgan fingerprint density at radius 3 is 2.46 bits per heavy atom. The zero-order valence-electron chi connectivity index (χ0n) is 14.6. The van der Waals surface area contributed by atoms with Crippen LogP contribution in [0.3, 0.4) is 0 Å². The zero-order valence-corrected chi connectivity index (χ0v) is 16.2. The molecule has 1 aromatic heterocycles. The van der Waals surface area contributed by atoms with Gasteiger partial charge in [0.1, 0.15) is 5.69 Å². The van der Waals surface area contributed by atoms with Gasteiger partial charge in [-0.3, -0.25) is 4.79 Å². The molecule has 1 aromatic carbocycles. The average molecular weight is 396 g/mol. The molecule has 3 rings (SSSR count). The van der Waals surface area contributed by atoms with Crippen molar-refractivity contribution in [2.24, 2.45) is 0 Å². The molecule has 0 atom stereocenters. The summed E-state index contributed by atoms with van der Waals surface area (Å²) in [4.78, 5) is 15.3. The second-order valence-corrected chi connectivity index (χ2v) is 8.83. The highest BCUT2D eigenvalue weighted by molar-refractivity contribution is 7.89. The van der Waals surface area contributed by atoms with Crippen molar-refractivity contribution in [3.8, 4) is 0 Å². The molecule has 8 heteroatoms. The van der Waals surface area contributed by atoms with Gasteiger partial charge in [-0.05, 0) is 43.5 Å². The van der Waals surface area contributed by atoms with E-state index in [1.54, 1.807) is 23.4 Å². The third kappa shape index (κ3) is 4.11. The number of aryl methyl sites for hydroxylation is 1. The zero-order chi connectivity index (χ0) is 18.7. The van der Waals surface area contributed by atoms with Crippen LogP contribution in [0.2, 0.25) is 5.02 Å². The number of halogens is 1. The molecule has 2 heterocycles. The molecule has 1 saturated heterocycles. The summed E-state index contributed by atoms with van der Waals surface area (Å²) in [5.74, 6) is -0.376. The molecule has 6 nitrogen and oxygen atoms in total. The number of sulfonamides is 1. The summed E-state index contributed by atoms with van der Waals surface area (Å²) in [6.07, 6.45) is 5.38. The third-order valence-corrected chi connectivity index (χ3v) is 6.78. The minimum Gasteiger partial charge on any atom is -0.356 e. The van der Waals surface area contributed by atoms with E-state index in [0.29, 0.717) is 35.1 Å². The van der Waals surface area contributed by atoms with Gasteiger partial charge >= 0.3 is 0 Å². The van der Waals surface area contributed by atoms with Crippen LogP contribution in [0.15, 0.2) is 35.4 Å². The van der Waals surface area contributed by atoms with Crippen molar-refractivity contribution in [2.45, 2.75) is 37.5 Å². The standard InChI is InChI=1S/C18H22ClN3O3S/c1-13-6-7-15(21-18(23)16-10-14(19)12-20-16)11-17(13)26(24,25)22-8-4-2-3-5-9-22/h6-7,10-12,20H,2-5,8-9H2,1H3,(H,21,23). The molecule has 0 radical (unpaired) electrons. The Morgan fingerprint density at radius 2 is 1.85 bits per heavy atom. The summed E-state index contributed by atoms with van der Waals surface area (Å²) in [7, 11) is -3.58. The van der Waals surface area contributed by atoms with Gasteiger partial charge in [0.05, 0.1) is 9.92 Å². The van der Waals surface area contributed by atoms with E-state index in [-0.39, 0.29) is 10.8 Å². The minimum atomic E-state index is -3.58. The Hall–Kier alpha value is -1.83. The summed E-state index contributed by atoms with van der Waals surface area (Å²) in [6.45, 7) is 2.85. The smallest absolute Gasteiger partial charge is 0.272 e. The molecule has 0 bridgehead atoms. The number of rotatable bonds is 4. The number of hydrogen-bond donors (Lipinski definition) is 2. The highest BCUT2D eigenvalue weighted by Gasteiger charge is 2.27. The van der Waals surface area contributed by atoms with E-state index in [0.717, 1.165) is 25.7 Å². The van der Waals surface area contributed by atoms with E-state index in [4.69, 9.17) is 11.6 Å². The van der Waals surface area contributed by atoms with E-state index in [2.05, 4.69) is 10.3 Å². The molecule has 0 saturated carbocycles. The summed E-state index contributed by atoms with van der Waals surface area (Å²) in [5, 5.41) is 3.15. The predicted molar refractivity (Wildman–Crippen MR) is 102 cm³/mol. The number of benzene rings is 1. The number of nitrogens with zero attached hydrogens (tertiary/aromatic N) is 1.